The number of amides is 1. The van der Waals surface area contributed by atoms with Gasteiger partial charge in [0.25, 0.3) is 0 Å². The quantitative estimate of drug-likeness (QED) is 0.770. The maximum atomic E-state index is 12.0. The Balaban J connectivity index is 1.61. The fourth-order valence-electron chi connectivity index (χ4n) is 7.87. The first-order chi connectivity index (χ1) is 12.4. The van der Waals surface area contributed by atoms with Crippen molar-refractivity contribution in [2.24, 2.45) is 34.5 Å². The van der Waals surface area contributed by atoms with Crippen molar-refractivity contribution in [1.82, 2.24) is 5.32 Å². The van der Waals surface area contributed by atoms with Gasteiger partial charge in [0.15, 0.2) is 0 Å². The third-order valence-corrected chi connectivity index (χ3v) is 9.20. The summed E-state index contributed by atoms with van der Waals surface area (Å²) in [5, 5.41) is 3.36. The van der Waals surface area contributed by atoms with Gasteiger partial charge in [0, 0.05) is 19.1 Å². The molecule has 4 rings (SSSR count). The van der Waals surface area contributed by atoms with Crippen molar-refractivity contribution < 1.29 is 9.53 Å². The number of piperidine rings is 1. The Morgan fingerprint density at radius 2 is 1.92 bits per heavy atom. The molecule has 4 aliphatic rings. The van der Waals surface area contributed by atoms with E-state index in [1.807, 2.05) is 0 Å². The number of hydrogen-bond acceptors (Lipinski definition) is 2. The lowest BCUT2D eigenvalue weighted by Crippen LogP contribution is -2.61. The van der Waals surface area contributed by atoms with E-state index in [4.69, 9.17) is 4.74 Å². The Labute approximate surface area is 160 Å². The Morgan fingerprint density at radius 1 is 1.12 bits per heavy atom. The zero-order valence-electron chi connectivity index (χ0n) is 17.4. The minimum absolute atomic E-state index is 0.284. The molecule has 3 heteroatoms. The third-order valence-electron chi connectivity index (χ3n) is 9.20. The van der Waals surface area contributed by atoms with Gasteiger partial charge in [-0.3, -0.25) is 4.79 Å². The van der Waals surface area contributed by atoms with Gasteiger partial charge < -0.3 is 10.1 Å². The Bertz CT molecular complexity index is 548. The van der Waals surface area contributed by atoms with Crippen LogP contribution in [0.25, 0.3) is 0 Å². The lowest BCUT2D eigenvalue weighted by Gasteiger charge is -2.60. The van der Waals surface area contributed by atoms with Crippen LogP contribution in [0.2, 0.25) is 0 Å². The number of carbonyl (C=O) groups excluding carboxylic acids is 1. The SMILES string of the molecule is CCCOC1CC(CC)[C@H]2[C@@H]3CCC4NC(=O)CC[C@]4(C)[C@@H]3CC[C@]12C. The van der Waals surface area contributed by atoms with E-state index in [2.05, 4.69) is 33.0 Å². The second-order valence-corrected chi connectivity index (χ2v) is 10.3. The average molecular weight is 362 g/mol. The summed E-state index contributed by atoms with van der Waals surface area (Å²) in [4.78, 5) is 12.0. The molecular weight excluding hydrogens is 322 g/mol. The predicted molar refractivity (Wildman–Crippen MR) is 105 cm³/mol. The van der Waals surface area contributed by atoms with Gasteiger partial charge in [0.05, 0.1) is 6.10 Å². The smallest absolute Gasteiger partial charge is 0.220 e. The molecule has 1 aliphatic heterocycles. The molecule has 3 unspecified atom stereocenters. The van der Waals surface area contributed by atoms with E-state index in [0.29, 0.717) is 23.0 Å². The Morgan fingerprint density at radius 3 is 2.65 bits per heavy atom. The van der Waals surface area contributed by atoms with Gasteiger partial charge in [-0.15, -0.1) is 0 Å². The largest absolute Gasteiger partial charge is 0.378 e. The van der Waals surface area contributed by atoms with Crippen LogP contribution in [0.3, 0.4) is 0 Å². The highest BCUT2D eigenvalue weighted by molar-refractivity contribution is 5.77. The van der Waals surface area contributed by atoms with Crippen LogP contribution in [0, 0.1) is 34.5 Å². The normalized spacial score (nSPS) is 50.5. The van der Waals surface area contributed by atoms with Crippen molar-refractivity contribution in [2.75, 3.05) is 6.61 Å². The molecule has 3 saturated carbocycles. The standard InChI is InChI=1S/C23H39NO2/c1-5-13-26-19-14-15(6-2)21-16-7-8-18-22(3,12-10-20(25)24-18)17(16)9-11-23(19,21)4/h15-19,21H,5-14H2,1-4H3,(H,24,25)/t15?,16-,17-,18?,19?,21+,22-,23-/m1/s1. The van der Waals surface area contributed by atoms with Crippen LogP contribution in [0.5, 0.6) is 0 Å². The number of carbonyl (C=O) groups is 1. The summed E-state index contributed by atoms with van der Waals surface area (Å²) in [6, 6.07) is 0.419. The highest BCUT2D eigenvalue weighted by Gasteiger charge is 2.62. The molecule has 3 nitrogen and oxygen atoms in total. The predicted octanol–water partition coefficient (Wildman–Crippen LogP) is 4.94. The minimum Gasteiger partial charge on any atom is -0.378 e. The van der Waals surface area contributed by atoms with E-state index in [-0.39, 0.29) is 5.91 Å². The van der Waals surface area contributed by atoms with Crippen molar-refractivity contribution in [3.05, 3.63) is 0 Å². The van der Waals surface area contributed by atoms with E-state index in [1.165, 1.54) is 38.5 Å². The molecule has 1 N–H and O–H groups in total. The average Bonchev–Trinajstić information content (AvgIpc) is 2.92. The van der Waals surface area contributed by atoms with Crippen LogP contribution in [-0.2, 0) is 9.53 Å². The van der Waals surface area contributed by atoms with Gasteiger partial charge in [-0.25, -0.2) is 0 Å². The molecule has 0 aromatic rings. The van der Waals surface area contributed by atoms with Gasteiger partial charge in [-0.2, -0.15) is 0 Å². The Kier molecular flexibility index (Phi) is 4.91. The fraction of sp³-hybridized carbons (Fsp3) is 0.957. The molecule has 1 amide bonds. The van der Waals surface area contributed by atoms with Gasteiger partial charge in [0.2, 0.25) is 5.91 Å². The molecule has 8 atom stereocenters. The zero-order valence-corrected chi connectivity index (χ0v) is 17.4. The number of hydrogen-bond donors (Lipinski definition) is 1. The summed E-state index contributed by atoms with van der Waals surface area (Å²) in [5.41, 5.74) is 0.691. The van der Waals surface area contributed by atoms with Gasteiger partial charge >= 0.3 is 0 Å². The molecule has 0 bridgehead atoms. The van der Waals surface area contributed by atoms with E-state index < -0.39 is 0 Å². The number of rotatable bonds is 4. The summed E-state index contributed by atoms with van der Waals surface area (Å²) in [7, 11) is 0. The topological polar surface area (TPSA) is 38.3 Å². The minimum atomic E-state index is 0.284. The van der Waals surface area contributed by atoms with Gasteiger partial charge in [0.1, 0.15) is 0 Å². The molecule has 148 valence electrons. The third kappa shape index (κ3) is 2.67. The molecule has 4 fully saturated rings. The van der Waals surface area contributed by atoms with Crippen molar-refractivity contribution in [2.45, 2.75) is 97.6 Å². The highest BCUT2D eigenvalue weighted by atomic mass is 16.5. The first-order valence-electron chi connectivity index (χ1n) is 11.3. The highest BCUT2D eigenvalue weighted by Crippen LogP contribution is 2.66. The summed E-state index contributed by atoms with van der Waals surface area (Å²) < 4.78 is 6.43. The van der Waals surface area contributed by atoms with Crippen LogP contribution in [0.1, 0.15) is 85.5 Å². The first kappa shape index (κ1) is 18.8. The number of nitrogens with one attached hydrogen (secondary N) is 1. The van der Waals surface area contributed by atoms with E-state index >= 15 is 0 Å². The molecule has 26 heavy (non-hydrogen) atoms. The van der Waals surface area contributed by atoms with Crippen molar-refractivity contribution >= 4 is 5.91 Å². The molecule has 1 saturated heterocycles. The first-order valence-corrected chi connectivity index (χ1v) is 11.3. The molecule has 1 heterocycles. The lowest BCUT2D eigenvalue weighted by atomic mass is 9.46. The van der Waals surface area contributed by atoms with Crippen molar-refractivity contribution in [1.29, 1.82) is 0 Å². The van der Waals surface area contributed by atoms with E-state index in [1.54, 1.807) is 0 Å². The molecule has 0 spiro atoms. The molecule has 0 aromatic heterocycles. The fourth-order valence-corrected chi connectivity index (χ4v) is 7.87. The zero-order chi connectivity index (χ0) is 18.5. The van der Waals surface area contributed by atoms with Crippen LogP contribution < -0.4 is 5.32 Å². The summed E-state index contributed by atoms with van der Waals surface area (Å²) >= 11 is 0. The monoisotopic (exact) mass is 361 g/mol. The second-order valence-electron chi connectivity index (χ2n) is 10.3. The molecule has 3 aliphatic carbocycles. The maximum absolute atomic E-state index is 12.0. The van der Waals surface area contributed by atoms with Gasteiger partial charge in [-0.05, 0) is 79.4 Å². The van der Waals surface area contributed by atoms with Gasteiger partial charge in [-0.1, -0.05) is 34.1 Å². The van der Waals surface area contributed by atoms with Crippen LogP contribution >= 0.6 is 0 Å². The Hall–Kier alpha value is -0.570. The second kappa shape index (κ2) is 6.79. The number of ether oxygens (including phenoxy) is 1. The summed E-state index contributed by atoms with van der Waals surface area (Å²) in [6.45, 7) is 10.6. The molecule has 0 aromatic carbocycles. The van der Waals surface area contributed by atoms with Crippen LogP contribution in [0.4, 0.5) is 0 Å². The van der Waals surface area contributed by atoms with Crippen LogP contribution in [0.15, 0.2) is 0 Å². The lowest BCUT2D eigenvalue weighted by molar-refractivity contribution is -0.143. The van der Waals surface area contributed by atoms with E-state index in [9.17, 15) is 4.79 Å². The van der Waals surface area contributed by atoms with Crippen molar-refractivity contribution in [3.63, 3.8) is 0 Å². The van der Waals surface area contributed by atoms with Crippen LogP contribution in [-0.4, -0.2) is 24.7 Å². The summed E-state index contributed by atoms with van der Waals surface area (Å²) in [5.74, 6) is 3.56. The number of fused-ring (bicyclic) bond motifs is 5. The molecule has 0 radical (unpaired) electrons. The van der Waals surface area contributed by atoms with Crippen molar-refractivity contribution in [3.8, 4) is 0 Å². The maximum Gasteiger partial charge on any atom is 0.220 e. The van der Waals surface area contributed by atoms with E-state index in [0.717, 1.165) is 49.5 Å². The summed E-state index contributed by atoms with van der Waals surface area (Å²) in [6.07, 6.45) is 11.1. The molecular formula is C23H39NO2.